The molecule has 6 nitrogen and oxygen atoms in total. The monoisotopic (exact) mass is 277 g/mol. The molecule has 2 aliphatic rings. The molecule has 0 saturated heterocycles. The van der Waals surface area contributed by atoms with E-state index in [1.807, 2.05) is 18.2 Å². The standard InChI is InChI=1S/C14H15NO5/c16-13(9-6-10(9)14(17)18)15-7-8-1-2-11-12(5-8)20-4-3-19-11/h1-2,5,9-10H,3-4,6-7H2,(H,15,16)(H,17,18). The van der Waals surface area contributed by atoms with Gasteiger partial charge in [0, 0.05) is 6.54 Å². The molecule has 2 N–H and O–H groups in total. The van der Waals surface area contributed by atoms with Gasteiger partial charge in [0.1, 0.15) is 13.2 Å². The van der Waals surface area contributed by atoms with Crippen molar-refractivity contribution in [3.8, 4) is 11.5 Å². The lowest BCUT2D eigenvalue weighted by molar-refractivity contribution is -0.140. The topological polar surface area (TPSA) is 84.9 Å². The van der Waals surface area contributed by atoms with Gasteiger partial charge in [-0.25, -0.2) is 0 Å². The third kappa shape index (κ3) is 2.54. The molecule has 1 amide bonds. The van der Waals surface area contributed by atoms with Gasteiger partial charge in [-0.2, -0.15) is 0 Å². The summed E-state index contributed by atoms with van der Waals surface area (Å²) in [4.78, 5) is 22.5. The van der Waals surface area contributed by atoms with Crippen molar-refractivity contribution >= 4 is 11.9 Å². The lowest BCUT2D eigenvalue weighted by atomic mass is 10.2. The Kier molecular flexibility index (Phi) is 3.22. The Morgan fingerprint density at radius 3 is 2.65 bits per heavy atom. The van der Waals surface area contributed by atoms with E-state index in [9.17, 15) is 9.59 Å². The fraction of sp³-hybridized carbons (Fsp3) is 0.429. The van der Waals surface area contributed by atoms with E-state index in [0.29, 0.717) is 37.7 Å². The van der Waals surface area contributed by atoms with E-state index in [1.54, 1.807) is 0 Å². The van der Waals surface area contributed by atoms with Gasteiger partial charge in [-0.15, -0.1) is 0 Å². The molecular formula is C14H15NO5. The number of amides is 1. The van der Waals surface area contributed by atoms with Gasteiger partial charge >= 0.3 is 5.97 Å². The molecule has 0 spiro atoms. The number of benzene rings is 1. The molecule has 20 heavy (non-hydrogen) atoms. The summed E-state index contributed by atoms with van der Waals surface area (Å²) in [7, 11) is 0. The Morgan fingerprint density at radius 1 is 1.20 bits per heavy atom. The fourth-order valence-electron chi connectivity index (χ4n) is 2.28. The molecule has 3 rings (SSSR count). The van der Waals surface area contributed by atoms with E-state index in [1.165, 1.54) is 0 Å². The molecule has 2 unspecified atom stereocenters. The van der Waals surface area contributed by atoms with Crippen LogP contribution in [0.2, 0.25) is 0 Å². The van der Waals surface area contributed by atoms with Crippen LogP contribution in [0.4, 0.5) is 0 Å². The highest BCUT2D eigenvalue weighted by atomic mass is 16.6. The maximum atomic E-state index is 11.8. The molecule has 1 heterocycles. The molecule has 1 saturated carbocycles. The highest BCUT2D eigenvalue weighted by molar-refractivity contribution is 5.89. The summed E-state index contributed by atoms with van der Waals surface area (Å²) >= 11 is 0. The van der Waals surface area contributed by atoms with Crippen LogP contribution in [0.15, 0.2) is 18.2 Å². The number of hydrogen-bond acceptors (Lipinski definition) is 4. The minimum absolute atomic E-state index is 0.202. The molecule has 1 aliphatic heterocycles. The van der Waals surface area contributed by atoms with Crippen molar-refractivity contribution in [1.82, 2.24) is 5.32 Å². The first kappa shape index (κ1) is 12.8. The zero-order chi connectivity index (χ0) is 14.1. The number of aliphatic carboxylic acids is 1. The zero-order valence-corrected chi connectivity index (χ0v) is 10.8. The number of carboxylic acid groups (broad SMARTS) is 1. The number of fused-ring (bicyclic) bond motifs is 1. The number of nitrogens with one attached hydrogen (secondary N) is 1. The van der Waals surface area contributed by atoms with E-state index in [4.69, 9.17) is 14.6 Å². The predicted octanol–water partition coefficient (Wildman–Crippen LogP) is 0.795. The van der Waals surface area contributed by atoms with E-state index in [-0.39, 0.29) is 11.8 Å². The smallest absolute Gasteiger partial charge is 0.307 e. The number of carbonyl (C=O) groups is 2. The highest BCUT2D eigenvalue weighted by Gasteiger charge is 2.48. The molecule has 1 aliphatic carbocycles. The molecule has 1 aromatic carbocycles. The quantitative estimate of drug-likeness (QED) is 0.850. The van der Waals surface area contributed by atoms with Crippen LogP contribution in [0.1, 0.15) is 12.0 Å². The Bertz CT molecular complexity index is 556. The molecule has 0 bridgehead atoms. The number of ether oxygens (including phenoxy) is 2. The van der Waals surface area contributed by atoms with Crippen LogP contribution >= 0.6 is 0 Å². The number of hydrogen-bond donors (Lipinski definition) is 2. The van der Waals surface area contributed by atoms with Crippen molar-refractivity contribution < 1.29 is 24.2 Å². The van der Waals surface area contributed by atoms with E-state index >= 15 is 0 Å². The van der Waals surface area contributed by atoms with Crippen LogP contribution in [0.3, 0.4) is 0 Å². The van der Waals surface area contributed by atoms with Crippen molar-refractivity contribution in [2.24, 2.45) is 11.8 Å². The molecule has 106 valence electrons. The first-order valence-electron chi connectivity index (χ1n) is 6.54. The van der Waals surface area contributed by atoms with Crippen molar-refractivity contribution in [2.75, 3.05) is 13.2 Å². The molecule has 0 aromatic heterocycles. The van der Waals surface area contributed by atoms with Crippen LogP contribution in [0, 0.1) is 11.8 Å². The van der Waals surface area contributed by atoms with Gasteiger partial charge in [0.05, 0.1) is 11.8 Å². The summed E-state index contributed by atoms with van der Waals surface area (Å²) in [5, 5.41) is 11.5. The van der Waals surface area contributed by atoms with E-state index < -0.39 is 11.9 Å². The summed E-state index contributed by atoms with van der Waals surface area (Å²) in [5.74, 6) is -0.617. The second-order valence-electron chi connectivity index (χ2n) is 4.98. The molecule has 2 atom stereocenters. The van der Waals surface area contributed by atoms with Crippen molar-refractivity contribution in [2.45, 2.75) is 13.0 Å². The Morgan fingerprint density at radius 2 is 1.95 bits per heavy atom. The van der Waals surface area contributed by atoms with Gasteiger partial charge in [0.2, 0.25) is 5.91 Å². The van der Waals surface area contributed by atoms with Crippen LogP contribution < -0.4 is 14.8 Å². The van der Waals surface area contributed by atoms with Crippen LogP contribution in [-0.2, 0) is 16.1 Å². The third-order valence-electron chi connectivity index (χ3n) is 3.52. The molecule has 6 heteroatoms. The highest BCUT2D eigenvalue weighted by Crippen LogP contribution is 2.38. The fourth-order valence-corrected chi connectivity index (χ4v) is 2.28. The average molecular weight is 277 g/mol. The van der Waals surface area contributed by atoms with Crippen LogP contribution in [0.25, 0.3) is 0 Å². The molecule has 1 fully saturated rings. The largest absolute Gasteiger partial charge is 0.486 e. The van der Waals surface area contributed by atoms with Gasteiger partial charge in [0.25, 0.3) is 0 Å². The van der Waals surface area contributed by atoms with Crippen LogP contribution in [0.5, 0.6) is 11.5 Å². The van der Waals surface area contributed by atoms with Crippen LogP contribution in [-0.4, -0.2) is 30.2 Å². The maximum absolute atomic E-state index is 11.8. The van der Waals surface area contributed by atoms with Gasteiger partial charge in [-0.05, 0) is 24.1 Å². The second kappa shape index (κ2) is 5.03. The van der Waals surface area contributed by atoms with Gasteiger partial charge in [0.15, 0.2) is 11.5 Å². The summed E-state index contributed by atoms with van der Waals surface area (Å²) in [5.41, 5.74) is 0.898. The van der Waals surface area contributed by atoms with E-state index in [0.717, 1.165) is 5.56 Å². The number of rotatable bonds is 4. The van der Waals surface area contributed by atoms with Crippen molar-refractivity contribution in [3.05, 3.63) is 23.8 Å². The Labute approximate surface area is 115 Å². The lowest BCUT2D eigenvalue weighted by Gasteiger charge is -2.19. The third-order valence-corrected chi connectivity index (χ3v) is 3.52. The normalized spacial score (nSPS) is 23.0. The summed E-state index contributed by atoms with van der Waals surface area (Å²) in [6, 6.07) is 5.50. The second-order valence-corrected chi connectivity index (χ2v) is 4.98. The van der Waals surface area contributed by atoms with Gasteiger partial charge in [-0.1, -0.05) is 6.07 Å². The Hall–Kier alpha value is -2.24. The first-order chi connectivity index (χ1) is 9.65. The Balaban J connectivity index is 1.56. The zero-order valence-electron chi connectivity index (χ0n) is 10.8. The summed E-state index contributed by atoms with van der Waals surface area (Å²) < 4.78 is 10.9. The number of carboxylic acids is 1. The minimum Gasteiger partial charge on any atom is -0.486 e. The predicted molar refractivity (Wildman–Crippen MR) is 68.5 cm³/mol. The summed E-state index contributed by atoms with van der Waals surface area (Å²) in [6.45, 7) is 1.42. The number of carbonyl (C=O) groups excluding carboxylic acids is 1. The van der Waals surface area contributed by atoms with Gasteiger partial charge in [-0.3, -0.25) is 9.59 Å². The lowest BCUT2D eigenvalue weighted by Crippen LogP contribution is -2.26. The first-order valence-corrected chi connectivity index (χ1v) is 6.54. The summed E-state index contributed by atoms with van der Waals surface area (Å²) in [6.07, 6.45) is 0.433. The SMILES string of the molecule is O=C(O)C1CC1C(=O)NCc1ccc2c(c1)OCCO2. The molecule has 0 radical (unpaired) electrons. The van der Waals surface area contributed by atoms with Gasteiger partial charge < -0.3 is 19.9 Å². The van der Waals surface area contributed by atoms with Crippen molar-refractivity contribution in [3.63, 3.8) is 0 Å². The van der Waals surface area contributed by atoms with E-state index in [2.05, 4.69) is 5.32 Å². The minimum atomic E-state index is -0.899. The molecular weight excluding hydrogens is 262 g/mol. The average Bonchev–Trinajstić information content (AvgIpc) is 3.25. The maximum Gasteiger partial charge on any atom is 0.307 e. The van der Waals surface area contributed by atoms with Crippen molar-refractivity contribution in [1.29, 1.82) is 0 Å². The molecule has 1 aromatic rings.